The van der Waals surface area contributed by atoms with Crippen LogP contribution in [-0.4, -0.2) is 15.5 Å². The molecular weight excluding hydrogens is 198 g/mol. The molecule has 1 aromatic rings. The van der Waals surface area contributed by atoms with Crippen LogP contribution in [0.4, 0.5) is 0 Å². The van der Waals surface area contributed by atoms with E-state index in [1.807, 2.05) is 13.1 Å². The average Bonchev–Trinajstić information content (AvgIpc) is 2.14. The lowest BCUT2D eigenvalue weighted by molar-refractivity contribution is 0.189. The van der Waals surface area contributed by atoms with Crippen molar-refractivity contribution in [2.45, 2.75) is 58.5 Å². The summed E-state index contributed by atoms with van der Waals surface area (Å²) < 4.78 is 0. The molecule has 1 N–H and O–H groups in total. The zero-order valence-corrected chi connectivity index (χ0v) is 10.7. The molecule has 1 aliphatic rings. The Balaban J connectivity index is 2.11. The van der Waals surface area contributed by atoms with Crippen LogP contribution in [0.5, 0.6) is 0 Å². The predicted octanol–water partition coefficient (Wildman–Crippen LogP) is 2.69. The highest BCUT2D eigenvalue weighted by atomic mass is 15.0. The van der Waals surface area contributed by atoms with Crippen molar-refractivity contribution in [3.8, 4) is 0 Å². The Bertz CT molecular complexity index is 383. The summed E-state index contributed by atoms with van der Waals surface area (Å²) in [7, 11) is 0. The SMILES string of the molecule is Cc1ncc(C(C)NC2(C)CCC2)c(C)n1. The van der Waals surface area contributed by atoms with E-state index in [9.17, 15) is 0 Å². The van der Waals surface area contributed by atoms with Gasteiger partial charge in [0.2, 0.25) is 0 Å². The van der Waals surface area contributed by atoms with Crippen LogP contribution in [0.3, 0.4) is 0 Å². The van der Waals surface area contributed by atoms with Crippen molar-refractivity contribution in [3.63, 3.8) is 0 Å². The summed E-state index contributed by atoms with van der Waals surface area (Å²) in [5.41, 5.74) is 2.64. The Morgan fingerprint density at radius 2 is 2.06 bits per heavy atom. The minimum atomic E-state index is 0.330. The van der Waals surface area contributed by atoms with Crippen LogP contribution in [0.15, 0.2) is 6.20 Å². The molecule has 1 saturated carbocycles. The van der Waals surface area contributed by atoms with Crippen molar-refractivity contribution in [1.82, 2.24) is 15.3 Å². The monoisotopic (exact) mass is 219 g/mol. The summed E-state index contributed by atoms with van der Waals surface area (Å²) in [5.74, 6) is 0.850. The summed E-state index contributed by atoms with van der Waals surface area (Å²) in [4.78, 5) is 8.70. The minimum Gasteiger partial charge on any atom is -0.305 e. The number of hydrogen-bond acceptors (Lipinski definition) is 3. The molecule has 88 valence electrons. The first kappa shape index (κ1) is 11.5. The van der Waals surface area contributed by atoms with Crippen molar-refractivity contribution in [2.75, 3.05) is 0 Å². The van der Waals surface area contributed by atoms with E-state index in [2.05, 4.69) is 36.1 Å². The van der Waals surface area contributed by atoms with Crippen LogP contribution in [0.25, 0.3) is 0 Å². The van der Waals surface area contributed by atoms with E-state index in [0.29, 0.717) is 11.6 Å². The van der Waals surface area contributed by atoms with Crippen LogP contribution < -0.4 is 5.32 Å². The lowest BCUT2D eigenvalue weighted by Gasteiger charge is -2.41. The maximum absolute atomic E-state index is 4.42. The van der Waals surface area contributed by atoms with Gasteiger partial charge in [0.25, 0.3) is 0 Å². The standard InChI is InChI=1S/C13H21N3/c1-9-12(8-14-11(3)15-9)10(2)16-13(4)6-5-7-13/h8,10,16H,5-7H2,1-4H3. The lowest BCUT2D eigenvalue weighted by atomic mass is 9.78. The van der Waals surface area contributed by atoms with Crippen LogP contribution >= 0.6 is 0 Å². The molecule has 0 amide bonds. The zero-order valence-electron chi connectivity index (χ0n) is 10.7. The molecule has 1 heterocycles. The molecule has 0 saturated heterocycles. The molecule has 0 radical (unpaired) electrons. The normalized spacial score (nSPS) is 20.2. The molecule has 1 aromatic heterocycles. The van der Waals surface area contributed by atoms with Crippen LogP contribution in [0.2, 0.25) is 0 Å². The summed E-state index contributed by atoms with van der Waals surface area (Å²) in [6.45, 7) is 8.50. The van der Waals surface area contributed by atoms with Crippen LogP contribution in [0, 0.1) is 13.8 Å². The molecule has 16 heavy (non-hydrogen) atoms. The van der Waals surface area contributed by atoms with E-state index in [1.165, 1.54) is 24.8 Å². The van der Waals surface area contributed by atoms with Crippen molar-refractivity contribution in [2.24, 2.45) is 0 Å². The first-order chi connectivity index (χ1) is 7.50. The number of hydrogen-bond donors (Lipinski definition) is 1. The van der Waals surface area contributed by atoms with Crippen molar-refractivity contribution >= 4 is 0 Å². The summed E-state index contributed by atoms with van der Waals surface area (Å²) >= 11 is 0. The largest absolute Gasteiger partial charge is 0.305 e. The van der Waals surface area contributed by atoms with Gasteiger partial charge in [-0.15, -0.1) is 0 Å². The quantitative estimate of drug-likeness (QED) is 0.849. The Kier molecular flexibility index (Phi) is 2.98. The van der Waals surface area contributed by atoms with Crippen LogP contribution in [0.1, 0.15) is 56.2 Å². The van der Waals surface area contributed by atoms with Gasteiger partial charge in [0.1, 0.15) is 5.82 Å². The molecule has 3 nitrogen and oxygen atoms in total. The van der Waals surface area contributed by atoms with Crippen molar-refractivity contribution < 1.29 is 0 Å². The van der Waals surface area contributed by atoms with Gasteiger partial charge in [-0.3, -0.25) is 0 Å². The first-order valence-corrected chi connectivity index (χ1v) is 6.08. The van der Waals surface area contributed by atoms with Gasteiger partial charge in [0.05, 0.1) is 0 Å². The second-order valence-corrected chi connectivity index (χ2v) is 5.24. The molecule has 0 aromatic carbocycles. The fourth-order valence-corrected chi connectivity index (χ4v) is 2.47. The van der Waals surface area contributed by atoms with Gasteiger partial charge in [-0.1, -0.05) is 0 Å². The second kappa shape index (κ2) is 4.13. The maximum atomic E-state index is 4.42. The van der Waals surface area contributed by atoms with Gasteiger partial charge >= 0.3 is 0 Å². The zero-order chi connectivity index (χ0) is 11.8. The van der Waals surface area contributed by atoms with Gasteiger partial charge in [0.15, 0.2) is 0 Å². The topological polar surface area (TPSA) is 37.8 Å². The molecular formula is C13H21N3. The molecule has 3 heteroatoms. The average molecular weight is 219 g/mol. The summed E-state index contributed by atoms with van der Waals surface area (Å²) in [6, 6.07) is 0.339. The molecule has 0 bridgehead atoms. The highest BCUT2D eigenvalue weighted by molar-refractivity contribution is 5.20. The first-order valence-electron chi connectivity index (χ1n) is 6.08. The number of aryl methyl sites for hydroxylation is 2. The van der Waals surface area contributed by atoms with Crippen molar-refractivity contribution in [1.29, 1.82) is 0 Å². The third-order valence-electron chi connectivity index (χ3n) is 3.63. The third-order valence-corrected chi connectivity index (χ3v) is 3.63. The number of aromatic nitrogens is 2. The fourth-order valence-electron chi connectivity index (χ4n) is 2.47. The fraction of sp³-hybridized carbons (Fsp3) is 0.692. The molecule has 1 fully saturated rings. The Morgan fingerprint density at radius 1 is 1.38 bits per heavy atom. The highest BCUT2D eigenvalue weighted by Crippen LogP contribution is 2.33. The van der Waals surface area contributed by atoms with Gasteiger partial charge in [-0.2, -0.15) is 0 Å². The van der Waals surface area contributed by atoms with E-state index >= 15 is 0 Å². The van der Waals surface area contributed by atoms with Crippen molar-refractivity contribution in [3.05, 3.63) is 23.3 Å². The molecule has 0 aliphatic heterocycles. The van der Waals surface area contributed by atoms with E-state index in [0.717, 1.165) is 11.5 Å². The van der Waals surface area contributed by atoms with E-state index < -0.39 is 0 Å². The molecule has 1 atom stereocenters. The molecule has 1 aliphatic carbocycles. The second-order valence-electron chi connectivity index (χ2n) is 5.24. The Labute approximate surface area is 97.7 Å². The van der Waals surface area contributed by atoms with Crippen LogP contribution in [-0.2, 0) is 0 Å². The van der Waals surface area contributed by atoms with Gasteiger partial charge < -0.3 is 5.32 Å². The highest BCUT2D eigenvalue weighted by Gasteiger charge is 2.33. The minimum absolute atomic E-state index is 0.330. The number of nitrogens with one attached hydrogen (secondary N) is 1. The number of rotatable bonds is 3. The smallest absolute Gasteiger partial charge is 0.125 e. The van der Waals surface area contributed by atoms with E-state index in [1.54, 1.807) is 0 Å². The van der Waals surface area contributed by atoms with Gasteiger partial charge in [-0.05, 0) is 47.0 Å². The molecule has 1 unspecified atom stereocenters. The lowest BCUT2D eigenvalue weighted by Crippen LogP contribution is -2.49. The Morgan fingerprint density at radius 3 is 2.56 bits per heavy atom. The summed E-state index contributed by atoms with van der Waals surface area (Å²) in [5, 5.41) is 3.69. The predicted molar refractivity (Wildman–Crippen MR) is 65.3 cm³/mol. The number of nitrogens with zero attached hydrogens (tertiary/aromatic N) is 2. The molecule has 0 spiro atoms. The maximum Gasteiger partial charge on any atom is 0.125 e. The van der Waals surface area contributed by atoms with E-state index in [-0.39, 0.29) is 0 Å². The third kappa shape index (κ3) is 2.24. The summed E-state index contributed by atoms with van der Waals surface area (Å²) in [6.07, 6.45) is 5.86. The van der Waals surface area contributed by atoms with E-state index in [4.69, 9.17) is 0 Å². The van der Waals surface area contributed by atoms with Gasteiger partial charge in [-0.25, -0.2) is 9.97 Å². The Hall–Kier alpha value is -0.960. The van der Waals surface area contributed by atoms with Gasteiger partial charge in [0, 0.05) is 29.0 Å². The molecule has 2 rings (SSSR count).